The lowest BCUT2D eigenvalue weighted by atomic mass is 10.1. The first-order chi connectivity index (χ1) is 11.0. The molecule has 1 amide bonds. The fourth-order valence-corrected chi connectivity index (χ4v) is 3.83. The van der Waals surface area contributed by atoms with Gasteiger partial charge < -0.3 is 5.11 Å². The van der Waals surface area contributed by atoms with Crippen molar-refractivity contribution in [2.75, 3.05) is 4.90 Å². The van der Waals surface area contributed by atoms with Crippen LogP contribution in [0.1, 0.15) is 16.7 Å². The summed E-state index contributed by atoms with van der Waals surface area (Å²) >= 11 is 6.67. The van der Waals surface area contributed by atoms with Gasteiger partial charge in [-0.3, -0.25) is 9.69 Å². The van der Waals surface area contributed by atoms with Crippen LogP contribution in [-0.2, 0) is 4.79 Å². The number of anilines is 1. The molecule has 0 spiro atoms. The van der Waals surface area contributed by atoms with Crippen molar-refractivity contribution in [2.45, 2.75) is 13.8 Å². The number of amides is 1. The molecular weight excluding hydrogens is 326 g/mol. The summed E-state index contributed by atoms with van der Waals surface area (Å²) in [4.78, 5) is 14.9. The van der Waals surface area contributed by atoms with E-state index in [1.165, 1.54) is 11.8 Å². The van der Waals surface area contributed by atoms with Crippen molar-refractivity contribution in [3.63, 3.8) is 0 Å². The monoisotopic (exact) mass is 341 g/mol. The molecule has 23 heavy (non-hydrogen) atoms. The lowest BCUT2D eigenvalue weighted by Crippen LogP contribution is -2.29. The highest BCUT2D eigenvalue weighted by atomic mass is 32.2. The van der Waals surface area contributed by atoms with Gasteiger partial charge in [0.1, 0.15) is 5.75 Å². The fourth-order valence-electron chi connectivity index (χ4n) is 2.57. The molecule has 0 atom stereocenters. The van der Waals surface area contributed by atoms with E-state index in [-0.39, 0.29) is 11.7 Å². The van der Waals surface area contributed by atoms with E-state index in [0.717, 1.165) is 16.8 Å². The highest BCUT2D eigenvalue weighted by Crippen LogP contribution is 2.39. The third-order valence-corrected chi connectivity index (χ3v) is 4.98. The van der Waals surface area contributed by atoms with E-state index in [4.69, 9.17) is 12.2 Å². The quantitative estimate of drug-likeness (QED) is 0.649. The van der Waals surface area contributed by atoms with Crippen LogP contribution >= 0.6 is 24.0 Å². The van der Waals surface area contributed by atoms with Gasteiger partial charge in [0, 0.05) is 5.56 Å². The van der Waals surface area contributed by atoms with Crippen LogP contribution < -0.4 is 4.90 Å². The number of hydrogen-bond acceptors (Lipinski definition) is 4. The summed E-state index contributed by atoms with van der Waals surface area (Å²) in [5, 5.41) is 9.88. The number of hydrogen-bond donors (Lipinski definition) is 1. The largest absolute Gasteiger partial charge is 0.507 e. The summed E-state index contributed by atoms with van der Waals surface area (Å²) < 4.78 is 0.508. The zero-order valence-electron chi connectivity index (χ0n) is 12.7. The third-order valence-electron chi connectivity index (χ3n) is 3.68. The molecule has 0 unspecified atom stereocenters. The lowest BCUT2D eigenvalue weighted by Gasteiger charge is -2.19. The van der Waals surface area contributed by atoms with Gasteiger partial charge in [-0.25, -0.2) is 0 Å². The standard InChI is InChI=1S/C18H15NO2S2/c1-11-6-5-7-12(2)16(11)19-17(21)15(23-18(19)22)10-13-8-3-4-9-14(13)20/h3-10,20H,1-2H3/b15-10-. The molecule has 3 rings (SSSR count). The molecule has 1 heterocycles. The molecule has 116 valence electrons. The Balaban J connectivity index is 2.03. The number of para-hydroxylation sites is 2. The van der Waals surface area contributed by atoms with Crippen LogP contribution in [0.3, 0.4) is 0 Å². The second-order valence-corrected chi connectivity index (χ2v) is 6.99. The minimum absolute atomic E-state index is 0.143. The average molecular weight is 341 g/mol. The Morgan fingerprint density at radius 1 is 1.09 bits per heavy atom. The van der Waals surface area contributed by atoms with E-state index in [9.17, 15) is 9.90 Å². The van der Waals surface area contributed by atoms with E-state index in [1.807, 2.05) is 38.1 Å². The molecule has 5 heteroatoms. The molecule has 0 aromatic heterocycles. The van der Waals surface area contributed by atoms with E-state index >= 15 is 0 Å². The van der Waals surface area contributed by atoms with Gasteiger partial charge in [-0.1, -0.05) is 60.4 Å². The first kappa shape index (κ1) is 15.8. The van der Waals surface area contributed by atoms with Crippen LogP contribution in [-0.4, -0.2) is 15.3 Å². The second-order valence-electron chi connectivity index (χ2n) is 5.32. The lowest BCUT2D eigenvalue weighted by molar-refractivity contribution is -0.113. The number of phenols is 1. The molecule has 0 bridgehead atoms. The molecule has 1 aliphatic rings. The van der Waals surface area contributed by atoms with E-state index in [1.54, 1.807) is 29.2 Å². The van der Waals surface area contributed by atoms with Gasteiger partial charge in [0.05, 0.1) is 10.6 Å². The van der Waals surface area contributed by atoms with E-state index < -0.39 is 0 Å². The number of carbonyl (C=O) groups is 1. The molecule has 3 nitrogen and oxygen atoms in total. The number of nitrogens with zero attached hydrogens (tertiary/aromatic N) is 1. The topological polar surface area (TPSA) is 40.5 Å². The number of phenolic OH excluding ortho intramolecular Hbond substituents is 1. The van der Waals surface area contributed by atoms with Crippen molar-refractivity contribution < 1.29 is 9.90 Å². The van der Waals surface area contributed by atoms with Gasteiger partial charge in [0.15, 0.2) is 4.32 Å². The Hall–Kier alpha value is -2.11. The van der Waals surface area contributed by atoms with Crippen LogP contribution in [0.4, 0.5) is 5.69 Å². The van der Waals surface area contributed by atoms with E-state index in [2.05, 4.69) is 0 Å². The maximum absolute atomic E-state index is 12.8. The summed E-state index contributed by atoms with van der Waals surface area (Å²) in [6.45, 7) is 3.93. The van der Waals surface area contributed by atoms with Crippen molar-refractivity contribution in [1.82, 2.24) is 0 Å². The fraction of sp³-hybridized carbons (Fsp3) is 0.111. The highest BCUT2D eigenvalue weighted by Gasteiger charge is 2.34. The third kappa shape index (κ3) is 2.90. The summed E-state index contributed by atoms with van der Waals surface area (Å²) in [7, 11) is 0. The summed E-state index contributed by atoms with van der Waals surface area (Å²) in [6, 6.07) is 12.8. The Morgan fingerprint density at radius 3 is 2.39 bits per heavy atom. The average Bonchev–Trinajstić information content (AvgIpc) is 2.77. The number of aryl methyl sites for hydroxylation is 2. The summed E-state index contributed by atoms with van der Waals surface area (Å²) in [6.07, 6.45) is 1.68. The molecular formula is C18H15NO2S2. The predicted octanol–water partition coefficient (Wildman–Crippen LogP) is 4.41. The molecule has 2 aromatic rings. The van der Waals surface area contributed by atoms with Gasteiger partial charge >= 0.3 is 0 Å². The van der Waals surface area contributed by atoms with Gasteiger partial charge in [-0.05, 0) is 37.1 Å². The summed E-state index contributed by atoms with van der Waals surface area (Å²) in [5.74, 6) is -0.00880. The predicted molar refractivity (Wildman–Crippen MR) is 99.7 cm³/mol. The number of aromatic hydroxyl groups is 1. The van der Waals surface area contributed by atoms with Crippen molar-refractivity contribution in [3.05, 3.63) is 64.1 Å². The normalized spacial score (nSPS) is 16.4. The van der Waals surface area contributed by atoms with Gasteiger partial charge in [0.2, 0.25) is 0 Å². The van der Waals surface area contributed by atoms with Crippen molar-refractivity contribution in [3.8, 4) is 5.75 Å². The minimum atomic E-state index is -0.152. The summed E-state index contributed by atoms with van der Waals surface area (Å²) in [5.41, 5.74) is 3.46. The first-order valence-electron chi connectivity index (χ1n) is 7.11. The Bertz CT molecular complexity index is 822. The van der Waals surface area contributed by atoms with Crippen LogP contribution in [0, 0.1) is 13.8 Å². The minimum Gasteiger partial charge on any atom is -0.507 e. The molecule has 0 aliphatic carbocycles. The van der Waals surface area contributed by atoms with Gasteiger partial charge in [-0.15, -0.1) is 0 Å². The smallest absolute Gasteiger partial charge is 0.270 e. The van der Waals surface area contributed by atoms with Gasteiger partial charge in [0.25, 0.3) is 5.91 Å². The number of rotatable bonds is 2. The number of thiocarbonyl (C=S) groups is 1. The number of thioether (sulfide) groups is 1. The zero-order chi connectivity index (χ0) is 16.6. The molecule has 2 aromatic carbocycles. The SMILES string of the molecule is Cc1cccc(C)c1N1C(=O)/C(=C/c2ccccc2O)SC1=S. The Morgan fingerprint density at radius 2 is 1.74 bits per heavy atom. The van der Waals surface area contributed by atoms with Crippen LogP contribution in [0.15, 0.2) is 47.4 Å². The highest BCUT2D eigenvalue weighted by molar-refractivity contribution is 8.27. The number of carbonyl (C=O) groups excluding carboxylic acids is 1. The maximum Gasteiger partial charge on any atom is 0.270 e. The van der Waals surface area contributed by atoms with E-state index in [0.29, 0.717) is 14.8 Å². The Labute approximate surface area is 144 Å². The van der Waals surface area contributed by atoms with Crippen molar-refractivity contribution >= 4 is 46.0 Å². The number of benzene rings is 2. The Kier molecular flexibility index (Phi) is 4.24. The molecule has 1 N–H and O–H groups in total. The second kappa shape index (κ2) is 6.18. The van der Waals surface area contributed by atoms with Crippen LogP contribution in [0.25, 0.3) is 6.08 Å². The van der Waals surface area contributed by atoms with Gasteiger partial charge in [-0.2, -0.15) is 0 Å². The molecule has 1 fully saturated rings. The molecule has 0 saturated carbocycles. The maximum atomic E-state index is 12.8. The molecule has 1 saturated heterocycles. The van der Waals surface area contributed by atoms with Crippen LogP contribution in [0.2, 0.25) is 0 Å². The molecule has 0 radical (unpaired) electrons. The van der Waals surface area contributed by atoms with Crippen LogP contribution in [0.5, 0.6) is 5.75 Å². The first-order valence-corrected chi connectivity index (χ1v) is 8.33. The molecule has 1 aliphatic heterocycles. The van der Waals surface area contributed by atoms with Crippen molar-refractivity contribution in [1.29, 1.82) is 0 Å². The van der Waals surface area contributed by atoms with Crippen molar-refractivity contribution in [2.24, 2.45) is 0 Å². The zero-order valence-corrected chi connectivity index (χ0v) is 14.4.